The second-order valence-electron chi connectivity index (χ2n) is 5.35. The van der Waals surface area contributed by atoms with Gasteiger partial charge in [0.2, 0.25) is 5.91 Å². The smallest absolute Gasteiger partial charge is 0.239 e. The first-order valence-corrected chi connectivity index (χ1v) is 6.39. The first-order chi connectivity index (χ1) is 7.57. The molecule has 1 saturated heterocycles. The number of rotatable bonds is 5. The number of amides is 1. The van der Waals surface area contributed by atoms with Crippen LogP contribution >= 0.6 is 0 Å². The Bertz CT molecular complexity index is 277. The molecule has 2 rings (SSSR count). The number of nitrogens with one attached hydrogen (secondary N) is 1. The van der Waals surface area contributed by atoms with Crippen LogP contribution in [0.25, 0.3) is 0 Å². The molecule has 4 heteroatoms. The minimum atomic E-state index is -0.474. The van der Waals surface area contributed by atoms with Crippen LogP contribution in [0.2, 0.25) is 0 Å². The molecule has 0 aromatic rings. The van der Waals surface area contributed by atoms with Crippen molar-refractivity contribution in [2.75, 3.05) is 13.1 Å². The van der Waals surface area contributed by atoms with Crippen LogP contribution < -0.4 is 11.1 Å². The molecule has 2 unspecified atom stereocenters. The lowest BCUT2D eigenvalue weighted by Crippen LogP contribution is -2.59. The molecule has 1 saturated carbocycles. The Balaban J connectivity index is 2.02. The molecule has 1 amide bonds. The van der Waals surface area contributed by atoms with E-state index in [0.717, 1.165) is 32.0 Å². The molecule has 2 fully saturated rings. The average molecular weight is 225 g/mol. The van der Waals surface area contributed by atoms with Crippen LogP contribution in [0.15, 0.2) is 0 Å². The van der Waals surface area contributed by atoms with Gasteiger partial charge in [0.1, 0.15) is 5.54 Å². The summed E-state index contributed by atoms with van der Waals surface area (Å²) in [6.07, 6.45) is 4.47. The van der Waals surface area contributed by atoms with Crippen molar-refractivity contribution in [2.45, 2.75) is 57.2 Å². The van der Waals surface area contributed by atoms with Gasteiger partial charge in [-0.1, -0.05) is 6.92 Å². The van der Waals surface area contributed by atoms with E-state index in [4.69, 9.17) is 5.73 Å². The molecule has 16 heavy (non-hydrogen) atoms. The molecule has 3 N–H and O–H groups in total. The van der Waals surface area contributed by atoms with Gasteiger partial charge in [-0.25, -0.2) is 0 Å². The van der Waals surface area contributed by atoms with Gasteiger partial charge in [-0.05, 0) is 32.6 Å². The van der Waals surface area contributed by atoms with Crippen molar-refractivity contribution in [3.63, 3.8) is 0 Å². The van der Waals surface area contributed by atoms with E-state index in [9.17, 15) is 4.79 Å². The van der Waals surface area contributed by atoms with E-state index in [1.807, 2.05) is 0 Å². The van der Waals surface area contributed by atoms with Crippen LogP contribution in [0.4, 0.5) is 0 Å². The molecule has 1 heterocycles. The van der Waals surface area contributed by atoms with Gasteiger partial charge in [0.25, 0.3) is 0 Å². The van der Waals surface area contributed by atoms with Crippen LogP contribution in [0.5, 0.6) is 0 Å². The molecule has 0 bridgehead atoms. The summed E-state index contributed by atoms with van der Waals surface area (Å²) in [5.74, 6) is -0.184. The number of nitrogens with zero attached hydrogens (tertiary/aromatic N) is 1. The van der Waals surface area contributed by atoms with Gasteiger partial charge >= 0.3 is 0 Å². The minimum Gasteiger partial charge on any atom is -0.368 e. The van der Waals surface area contributed by atoms with Crippen LogP contribution in [-0.2, 0) is 4.79 Å². The van der Waals surface area contributed by atoms with E-state index in [-0.39, 0.29) is 5.91 Å². The second kappa shape index (κ2) is 4.34. The lowest BCUT2D eigenvalue weighted by molar-refractivity contribution is -0.124. The fourth-order valence-corrected chi connectivity index (χ4v) is 2.55. The Labute approximate surface area is 97.6 Å². The average Bonchev–Trinajstić information content (AvgIpc) is 3.01. The standard InChI is InChI=1S/C12H23N3O/c1-3-9(2)14-12(11(13)16)6-7-15(8-12)10-4-5-10/h9-10,14H,3-8H2,1-2H3,(H2,13,16). The number of nitrogens with two attached hydrogens (primary N) is 1. The third-order valence-electron chi connectivity index (χ3n) is 3.97. The fourth-order valence-electron chi connectivity index (χ4n) is 2.55. The zero-order chi connectivity index (χ0) is 11.8. The fraction of sp³-hybridized carbons (Fsp3) is 0.917. The summed E-state index contributed by atoms with van der Waals surface area (Å²) >= 11 is 0. The molecule has 0 aromatic heterocycles. The maximum atomic E-state index is 11.7. The Morgan fingerprint density at radius 2 is 2.31 bits per heavy atom. The highest BCUT2D eigenvalue weighted by molar-refractivity contribution is 5.85. The summed E-state index contributed by atoms with van der Waals surface area (Å²) in [5, 5.41) is 3.44. The molecule has 4 nitrogen and oxygen atoms in total. The predicted molar refractivity (Wildman–Crippen MR) is 64.0 cm³/mol. The summed E-state index contributed by atoms with van der Waals surface area (Å²) < 4.78 is 0. The molecule has 2 aliphatic rings. The molecule has 92 valence electrons. The van der Waals surface area contributed by atoms with Crippen molar-refractivity contribution in [3.8, 4) is 0 Å². The number of primary amides is 1. The van der Waals surface area contributed by atoms with Gasteiger partial charge in [-0.15, -0.1) is 0 Å². The molecule has 1 aliphatic heterocycles. The summed E-state index contributed by atoms with van der Waals surface area (Å²) in [7, 11) is 0. The Hall–Kier alpha value is -0.610. The third-order valence-corrected chi connectivity index (χ3v) is 3.97. The molecular weight excluding hydrogens is 202 g/mol. The van der Waals surface area contributed by atoms with Gasteiger partial charge in [0.15, 0.2) is 0 Å². The van der Waals surface area contributed by atoms with Gasteiger partial charge in [0.05, 0.1) is 0 Å². The molecule has 0 aromatic carbocycles. The van der Waals surface area contributed by atoms with Gasteiger partial charge in [0, 0.05) is 25.2 Å². The van der Waals surface area contributed by atoms with E-state index in [1.165, 1.54) is 12.8 Å². The van der Waals surface area contributed by atoms with Gasteiger partial charge in [-0.3, -0.25) is 15.0 Å². The Morgan fingerprint density at radius 1 is 1.62 bits per heavy atom. The number of likely N-dealkylation sites (tertiary alicyclic amines) is 1. The van der Waals surface area contributed by atoms with Crippen LogP contribution in [0.1, 0.15) is 39.5 Å². The number of carbonyl (C=O) groups is 1. The maximum Gasteiger partial charge on any atom is 0.239 e. The Morgan fingerprint density at radius 3 is 2.81 bits per heavy atom. The zero-order valence-corrected chi connectivity index (χ0v) is 10.3. The van der Waals surface area contributed by atoms with Crippen molar-refractivity contribution in [2.24, 2.45) is 5.73 Å². The summed E-state index contributed by atoms with van der Waals surface area (Å²) in [6, 6.07) is 1.08. The van der Waals surface area contributed by atoms with E-state index < -0.39 is 5.54 Å². The maximum absolute atomic E-state index is 11.7. The van der Waals surface area contributed by atoms with Crippen molar-refractivity contribution in [3.05, 3.63) is 0 Å². The monoisotopic (exact) mass is 225 g/mol. The summed E-state index contributed by atoms with van der Waals surface area (Å²) in [6.45, 7) is 6.05. The van der Waals surface area contributed by atoms with E-state index in [0.29, 0.717) is 6.04 Å². The molecule has 0 radical (unpaired) electrons. The lowest BCUT2D eigenvalue weighted by Gasteiger charge is -2.30. The van der Waals surface area contributed by atoms with Crippen LogP contribution in [-0.4, -0.2) is 41.5 Å². The summed E-state index contributed by atoms with van der Waals surface area (Å²) in [4.78, 5) is 14.1. The highest BCUT2D eigenvalue weighted by Gasteiger charge is 2.47. The molecule has 2 atom stereocenters. The first-order valence-electron chi connectivity index (χ1n) is 6.39. The SMILES string of the molecule is CCC(C)NC1(C(N)=O)CCN(C2CC2)C1. The third kappa shape index (κ3) is 2.23. The lowest BCUT2D eigenvalue weighted by atomic mass is 9.96. The highest BCUT2D eigenvalue weighted by atomic mass is 16.1. The summed E-state index contributed by atoms with van der Waals surface area (Å²) in [5.41, 5.74) is 5.12. The minimum absolute atomic E-state index is 0.184. The van der Waals surface area contributed by atoms with Crippen LogP contribution in [0, 0.1) is 0 Å². The van der Waals surface area contributed by atoms with E-state index in [1.54, 1.807) is 0 Å². The van der Waals surface area contributed by atoms with Crippen molar-refractivity contribution in [1.82, 2.24) is 10.2 Å². The second-order valence-corrected chi connectivity index (χ2v) is 5.35. The first kappa shape index (κ1) is 11.9. The predicted octanol–water partition coefficient (Wildman–Crippen LogP) is 0.467. The topological polar surface area (TPSA) is 58.4 Å². The molecule has 1 aliphatic carbocycles. The van der Waals surface area contributed by atoms with Crippen molar-refractivity contribution < 1.29 is 4.79 Å². The number of hydrogen-bond donors (Lipinski definition) is 2. The molecule has 0 spiro atoms. The van der Waals surface area contributed by atoms with E-state index >= 15 is 0 Å². The zero-order valence-electron chi connectivity index (χ0n) is 10.3. The molecular formula is C12H23N3O. The Kier molecular flexibility index (Phi) is 3.22. The van der Waals surface area contributed by atoms with Gasteiger partial charge < -0.3 is 5.73 Å². The number of carbonyl (C=O) groups excluding carboxylic acids is 1. The van der Waals surface area contributed by atoms with Crippen molar-refractivity contribution in [1.29, 1.82) is 0 Å². The van der Waals surface area contributed by atoms with Gasteiger partial charge in [-0.2, -0.15) is 0 Å². The normalized spacial score (nSPS) is 32.9. The quantitative estimate of drug-likeness (QED) is 0.715. The van der Waals surface area contributed by atoms with Crippen molar-refractivity contribution >= 4 is 5.91 Å². The van der Waals surface area contributed by atoms with E-state index in [2.05, 4.69) is 24.1 Å². The number of hydrogen-bond acceptors (Lipinski definition) is 3. The largest absolute Gasteiger partial charge is 0.368 e. The highest BCUT2D eigenvalue weighted by Crippen LogP contribution is 2.33. The van der Waals surface area contributed by atoms with Crippen LogP contribution in [0.3, 0.4) is 0 Å².